The highest BCUT2D eigenvalue weighted by molar-refractivity contribution is 9.10. The van der Waals surface area contributed by atoms with E-state index in [4.69, 9.17) is 5.73 Å². The summed E-state index contributed by atoms with van der Waals surface area (Å²) in [5, 5.41) is 0. The first-order chi connectivity index (χ1) is 9.16. The Labute approximate surface area is 122 Å². The number of anilines is 1. The van der Waals surface area contributed by atoms with Crippen LogP contribution in [0.5, 0.6) is 0 Å². The van der Waals surface area contributed by atoms with E-state index in [0.717, 1.165) is 21.4 Å². The molecule has 2 N–H and O–H groups in total. The summed E-state index contributed by atoms with van der Waals surface area (Å²) in [5.41, 5.74) is 8.28. The highest BCUT2D eigenvalue weighted by Crippen LogP contribution is 2.36. The van der Waals surface area contributed by atoms with Crippen LogP contribution in [0, 0.1) is 5.92 Å². The number of nitrogen functional groups attached to an aromatic ring is 1. The number of benzene rings is 1. The number of hydrogen-bond donors (Lipinski definition) is 1. The van der Waals surface area contributed by atoms with Crippen LogP contribution in [0.4, 0.5) is 5.95 Å². The van der Waals surface area contributed by atoms with E-state index in [2.05, 4.69) is 38.5 Å². The molecule has 19 heavy (non-hydrogen) atoms. The SMILES string of the molecule is CC(C1CCCCC1)n1c(N)nc2ccc(Br)cc21. The van der Waals surface area contributed by atoms with Gasteiger partial charge in [-0.05, 0) is 43.9 Å². The number of halogens is 1. The third-order valence-electron chi connectivity index (χ3n) is 4.42. The molecule has 1 aromatic heterocycles. The van der Waals surface area contributed by atoms with E-state index in [1.807, 2.05) is 12.1 Å². The maximum absolute atomic E-state index is 6.15. The molecular weight excluding hydrogens is 302 g/mol. The van der Waals surface area contributed by atoms with Crippen molar-refractivity contribution in [1.29, 1.82) is 0 Å². The van der Waals surface area contributed by atoms with Crippen LogP contribution in [0.25, 0.3) is 11.0 Å². The van der Waals surface area contributed by atoms with Gasteiger partial charge in [-0.2, -0.15) is 0 Å². The van der Waals surface area contributed by atoms with Crippen LogP contribution in [0.2, 0.25) is 0 Å². The van der Waals surface area contributed by atoms with E-state index in [-0.39, 0.29) is 0 Å². The second-order valence-corrected chi connectivity index (χ2v) is 6.53. The Kier molecular flexibility index (Phi) is 3.52. The van der Waals surface area contributed by atoms with Crippen molar-refractivity contribution in [2.45, 2.75) is 45.1 Å². The van der Waals surface area contributed by atoms with Gasteiger partial charge in [0.1, 0.15) is 0 Å². The van der Waals surface area contributed by atoms with Crippen LogP contribution in [-0.2, 0) is 0 Å². The molecule has 3 rings (SSSR count). The number of nitrogens with two attached hydrogens (primary N) is 1. The summed E-state index contributed by atoms with van der Waals surface area (Å²) in [7, 11) is 0. The second-order valence-electron chi connectivity index (χ2n) is 5.61. The third-order valence-corrected chi connectivity index (χ3v) is 4.91. The Balaban J connectivity index is 2.02. The van der Waals surface area contributed by atoms with Crippen molar-refractivity contribution >= 4 is 32.9 Å². The molecule has 1 unspecified atom stereocenters. The zero-order valence-corrected chi connectivity index (χ0v) is 12.9. The summed E-state index contributed by atoms with van der Waals surface area (Å²) in [6, 6.07) is 6.60. The molecule has 0 aliphatic heterocycles. The minimum atomic E-state index is 0.430. The van der Waals surface area contributed by atoms with E-state index in [1.165, 1.54) is 32.1 Å². The van der Waals surface area contributed by atoms with Gasteiger partial charge in [0.15, 0.2) is 0 Å². The molecule has 1 aromatic carbocycles. The first kappa shape index (κ1) is 13.0. The van der Waals surface area contributed by atoms with Crippen LogP contribution < -0.4 is 5.73 Å². The number of fused-ring (bicyclic) bond motifs is 1. The number of hydrogen-bond acceptors (Lipinski definition) is 2. The zero-order chi connectivity index (χ0) is 13.4. The Morgan fingerprint density at radius 1 is 1.32 bits per heavy atom. The van der Waals surface area contributed by atoms with Gasteiger partial charge in [0.05, 0.1) is 11.0 Å². The van der Waals surface area contributed by atoms with Crippen molar-refractivity contribution in [2.75, 3.05) is 5.73 Å². The van der Waals surface area contributed by atoms with Gasteiger partial charge in [-0.1, -0.05) is 35.2 Å². The fourth-order valence-corrected chi connectivity index (χ4v) is 3.69. The number of aromatic nitrogens is 2. The van der Waals surface area contributed by atoms with Crippen LogP contribution >= 0.6 is 15.9 Å². The smallest absolute Gasteiger partial charge is 0.201 e. The van der Waals surface area contributed by atoms with Crippen molar-refractivity contribution < 1.29 is 0 Å². The Morgan fingerprint density at radius 3 is 2.79 bits per heavy atom. The van der Waals surface area contributed by atoms with Gasteiger partial charge in [0.2, 0.25) is 5.95 Å². The molecule has 0 saturated heterocycles. The molecule has 0 amide bonds. The molecule has 0 bridgehead atoms. The van der Waals surface area contributed by atoms with Crippen LogP contribution in [0.15, 0.2) is 22.7 Å². The van der Waals surface area contributed by atoms with Gasteiger partial charge in [-0.3, -0.25) is 0 Å². The summed E-state index contributed by atoms with van der Waals surface area (Å²) < 4.78 is 3.30. The van der Waals surface area contributed by atoms with Gasteiger partial charge >= 0.3 is 0 Å². The van der Waals surface area contributed by atoms with E-state index >= 15 is 0 Å². The van der Waals surface area contributed by atoms with Gasteiger partial charge in [0, 0.05) is 10.5 Å². The molecule has 2 aromatic rings. The van der Waals surface area contributed by atoms with E-state index < -0.39 is 0 Å². The number of imidazole rings is 1. The molecule has 1 fully saturated rings. The van der Waals surface area contributed by atoms with Gasteiger partial charge in [-0.25, -0.2) is 4.98 Å². The number of rotatable bonds is 2. The molecule has 3 nitrogen and oxygen atoms in total. The molecule has 1 saturated carbocycles. The Hall–Kier alpha value is -1.03. The van der Waals surface area contributed by atoms with E-state index in [1.54, 1.807) is 0 Å². The van der Waals surface area contributed by atoms with Gasteiger partial charge in [-0.15, -0.1) is 0 Å². The fourth-order valence-electron chi connectivity index (χ4n) is 3.34. The van der Waals surface area contributed by atoms with Crippen molar-refractivity contribution in [3.8, 4) is 0 Å². The summed E-state index contributed by atoms with van der Waals surface area (Å²) in [6.07, 6.45) is 6.72. The molecule has 4 heteroatoms. The van der Waals surface area contributed by atoms with Crippen molar-refractivity contribution in [3.63, 3.8) is 0 Å². The molecule has 102 valence electrons. The maximum atomic E-state index is 6.15. The van der Waals surface area contributed by atoms with Crippen LogP contribution in [0.3, 0.4) is 0 Å². The predicted molar refractivity (Wildman–Crippen MR) is 83.1 cm³/mol. The van der Waals surface area contributed by atoms with E-state index in [0.29, 0.717) is 12.0 Å². The summed E-state index contributed by atoms with van der Waals surface area (Å²) in [4.78, 5) is 4.49. The normalized spacial score (nSPS) is 18.8. The standard InChI is InChI=1S/C15H20BrN3/c1-10(11-5-3-2-4-6-11)19-14-9-12(16)7-8-13(14)18-15(19)17/h7-11H,2-6H2,1H3,(H2,17,18). The zero-order valence-electron chi connectivity index (χ0n) is 11.3. The lowest BCUT2D eigenvalue weighted by Crippen LogP contribution is -2.20. The first-order valence-corrected chi connectivity index (χ1v) is 7.89. The van der Waals surface area contributed by atoms with Gasteiger partial charge in [0.25, 0.3) is 0 Å². The largest absolute Gasteiger partial charge is 0.369 e. The van der Waals surface area contributed by atoms with Crippen LogP contribution in [-0.4, -0.2) is 9.55 Å². The highest BCUT2D eigenvalue weighted by Gasteiger charge is 2.24. The van der Waals surface area contributed by atoms with E-state index in [9.17, 15) is 0 Å². The lowest BCUT2D eigenvalue weighted by atomic mass is 9.84. The summed E-state index contributed by atoms with van der Waals surface area (Å²) in [6.45, 7) is 2.29. The molecule has 0 spiro atoms. The average molecular weight is 322 g/mol. The molecule has 1 heterocycles. The minimum Gasteiger partial charge on any atom is -0.369 e. The summed E-state index contributed by atoms with van der Waals surface area (Å²) >= 11 is 3.54. The maximum Gasteiger partial charge on any atom is 0.201 e. The molecule has 1 aliphatic carbocycles. The minimum absolute atomic E-state index is 0.430. The fraction of sp³-hybridized carbons (Fsp3) is 0.533. The van der Waals surface area contributed by atoms with Crippen LogP contribution in [0.1, 0.15) is 45.1 Å². The molecule has 1 aliphatic rings. The highest BCUT2D eigenvalue weighted by atomic mass is 79.9. The average Bonchev–Trinajstić information content (AvgIpc) is 2.74. The number of nitrogens with zero attached hydrogens (tertiary/aromatic N) is 2. The lowest BCUT2D eigenvalue weighted by molar-refractivity contribution is 0.269. The topological polar surface area (TPSA) is 43.8 Å². The monoisotopic (exact) mass is 321 g/mol. The Bertz CT molecular complexity index is 584. The molecule has 0 radical (unpaired) electrons. The Morgan fingerprint density at radius 2 is 2.05 bits per heavy atom. The van der Waals surface area contributed by atoms with Crippen molar-refractivity contribution in [2.24, 2.45) is 5.92 Å². The van der Waals surface area contributed by atoms with Crippen molar-refractivity contribution in [1.82, 2.24) is 9.55 Å². The third kappa shape index (κ3) is 2.38. The van der Waals surface area contributed by atoms with Crippen molar-refractivity contribution in [3.05, 3.63) is 22.7 Å². The quantitative estimate of drug-likeness (QED) is 0.883. The molecule has 1 atom stereocenters. The molecular formula is C15H20BrN3. The second kappa shape index (κ2) is 5.16. The summed E-state index contributed by atoms with van der Waals surface area (Å²) in [5.74, 6) is 1.37. The predicted octanol–water partition coefficient (Wildman–Crippen LogP) is 4.52. The first-order valence-electron chi connectivity index (χ1n) is 7.10. The lowest BCUT2D eigenvalue weighted by Gasteiger charge is -2.29. The van der Waals surface area contributed by atoms with Gasteiger partial charge < -0.3 is 10.3 Å².